The Morgan fingerprint density at radius 2 is 2.15 bits per heavy atom. The Labute approximate surface area is 163 Å². The van der Waals surface area contributed by atoms with Crippen molar-refractivity contribution in [1.29, 1.82) is 0 Å². The zero-order valence-electron chi connectivity index (χ0n) is 14.7. The minimum absolute atomic E-state index is 0.148. The SMILES string of the molecule is NC(=NCC(c1cccc(Cl)c1)N1CCOCC1)NCCc1cccs1. The molecule has 0 aliphatic carbocycles. The topological polar surface area (TPSA) is 62.9 Å². The third kappa shape index (κ3) is 5.71. The van der Waals surface area contributed by atoms with Gasteiger partial charge in [-0.05, 0) is 35.6 Å². The maximum Gasteiger partial charge on any atom is 0.188 e. The largest absolute Gasteiger partial charge is 0.379 e. The molecule has 3 N–H and O–H groups in total. The molecule has 7 heteroatoms. The fraction of sp³-hybridized carbons (Fsp3) is 0.421. The van der Waals surface area contributed by atoms with E-state index in [2.05, 4.69) is 38.8 Å². The second-order valence-electron chi connectivity index (χ2n) is 6.20. The van der Waals surface area contributed by atoms with Crippen molar-refractivity contribution in [1.82, 2.24) is 10.2 Å². The van der Waals surface area contributed by atoms with Gasteiger partial charge in [-0.15, -0.1) is 11.3 Å². The van der Waals surface area contributed by atoms with Gasteiger partial charge in [0.2, 0.25) is 0 Å². The van der Waals surface area contributed by atoms with E-state index in [-0.39, 0.29) is 6.04 Å². The third-order valence-corrected chi connectivity index (χ3v) is 5.58. The Balaban J connectivity index is 1.60. The van der Waals surface area contributed by atoms with E-state index in [1.165, 1.54) is 4.88 Å². The van der Waals surface area contributed by atoms with Crippen molar-refractivity contribution in [2.75, 3.05) is 39.4 Å². The maximum atomic E-state index is 6.19. The van der Waals surface area contributed by atoms with E-state index in [0.29, 0.717) is 12.5 Å². The highest BCUT2D eigenvalue weighted by molar-refractivity contribution is 7.09. The first kappa shape index (κ1) is 19.2. The minimum atomic E-state index is 0.148. The Kier molecular flexibility index (Phi) is 7.32. The molecular weight excluding hydrogens is 368 g/mol. The zero-order valence-corrected chi connectivity index (χ0v) is 16.3. The number of morpholine rings is 1. The van der Waals surface area contributed by atoms with Crippen LogP contribution in [0.1, 0.15) is 16.5 Å². The Morgan fingerprint density at radius 1 is 1.31 bits per heavy atom. The van der Waals surface area contributed by atoms with Crippen molar-refractivity contribution in [3.8, 4) is 0 Å². The lowest BCUT2D eigenvalue weighted by Crippen LogP contribution is -2.41. The molecule has 1 fully saturated rings. The number of hydrogen-bond donors (Lipinski definition) is 2. The summed E-state index contributed by atoms with van der Waals surface area (Å²) in [6.45, 7) is 4.65. The van der Waals surface area contributed by atoms with Gasteiger partial charge in [-0.1, -0.05) is 29.8 Å². The number of ether oxygens (including phenoxy) is 1. The van der Waals surface area contributed by atoms with Gasteiger partial charge >= 0.3 is 0 Å². The maximum absolute atomic E-state index is 6.19. The van der Waals surface area contributed by atoms with Crippen LogP contribution < -0.4 is 11.1 Å². The predicted molar refractivity (Wildman–Crippen MR) is 109 cm³/mol. The van der Waals surface area contributed by atoms with Crippen LogP contribution in [-0.4, -0.2) is 50.3 Å². The number of nitrogens with two attached hydrogens (primary N) is 1. The smallest absolute Gasteiger partial charge is 0.188 e. The number of hydrogen-bond acceptors (Lipinski definition) is 4. The fourth-order valence-corrected chi connectivity index (χ4v) is 3.95. The van der Waals surface area contributed by atoms with Gasteiger partial charge in [0.15, 0.2) is 5.96 Å². The highest BCUT2D eigenvalue weighted by Gasteiger charge is 2.22. The normalized spacial score (nSPS) is 17.2. The zero-order chi connectivity index (χ0) is 18.2. The summed E-state index contributed by atoms with van der Waals surface area (Å²) in [5.41, 5.74) is 7.23. The summed E-state index contributed by atoms with van der Waals surface area (Å²) in [4.78, 5) is 8.32. The van der Waals surface area contributed by atoms with Gasteiger partial charge in [0, 0.05) is 29.5 Å². The monoisotopic (exact) mass is 392 g/mol. The average molecular weight is 393 g/mol. The van der Waals surface area contributed by atoms with Crippen LogP contribution in [0.15, 0.2) is 46.8 Å². The Morgan fingerprint density at radius 3 is 2.88 bits per heavy atom. The standard InChI is InChI=1S/C19H25ClN4OS/c20-16-4-1-3-15(13-16)18(24-8-10-25-11-9-24)14-23-19(21)22-7-6-17-5-2-12-26-17/h1-5,12-13,18H,6-11,14H2,(H3,21,22,23). The lowest BCUT2D eigenvalue weighted by molar-refractivity contribution is 0.0180. The molecule has 0 amide bonds. The number of benzene rings is 1. The lowest BCUT2D eigenvalue weighted by Gasteiger charge is -2.34. The molecule has 26 heavy (non-hydrogen) atoms. The summed E-state index contributed by atoms with van der Waals surface area (Å²) in [6.07, 6.45) is 0.953. The highest BCUT2D eigenvalue weighted by atomic mass is 35.5. The molecule has 0 bridgehead atoms. The van der Waals surface area contributed by atoms with Gasteiger partial charge in [-0.25, -0.2) is 0 Å². The molecule has 3 rings (SSSR count). The van der Waals surface area contributed by atoms with Crippen LogP contribution in [0.25, 0.3) is 0 Å². The van der Waals surface area contributed by atoms with E-state index in [1.807, 2.05) is 18.2 Å². The molecule has 1 atom stereocenters. The van der Waals surface area contributed by atoms with E-state index >= 15 is 0 Å². The molecular formula is C19H25ClN4OS. The van der Waals surface area contributed by atoms with Gasteiger partial charge in [-0.3, -0.25) is 9.89 Å². The predicted octanol–water partition coefficient (Wildman–Crippen LogP) is 2.92. The number of guanidine groups is 1. The first-order chi connectivity index (χ1) is 12.7. The number of aliphatic imine (C=N–C) groups is 1. The van der Waals surface area contributed by atoms with Crippen LogP contribution >= 0.6 is 22.9 Å². The van der Waals surface area contributed by atoms with Crippen molar-refractivity contribution in [3.63, 3.8) is 0 Å². The molecule has 2 aromatic rings. The van der Waals surface area contributed by atoms with Crippen LogP contribution in [-0.2, 0) is 11.2 Å². The van der Waals surface area contributed by atoms with E-state index in [1.54, 1.807) is 11.3 Å². The van der Waals surface area contributed by atoms with Crippen molar-refractivity contribution in [3.05, 3.63) is 57.2 Å². The summed E-state index contributed by atoms with van der Waals surface area (Å²) in [5.74, 6) is 0.488. The molecule has 1 aliphatic rings. The van der Waals surface area contributed by atoms with E-state index in [9.17, 15) is 0 Å². The van der Waals surface area contributed by atoms with E-state index in [0.717, 1.165) is 49.9 Å². The molecule has 1 aromatic carbocycles. The van der Waals surface area contributed by atoms with Crippen molar-refractivity contribution in [2.24, 2.45) is 10.7 Å². The van der Waals surface area contributed by atoms with Crippen LogP contribution in [0.2, 0.25) is 5.02 Å². The molecule has 1 unspecified atom stereocenters. The molecule has 0 radical (unpaired) electrons. The van der Waals surface area contributed by atoms with E-state index < -0.39 is 0 Å². The summed E-state index contributed by atoms with van der Waals surface area (Å²) in [7, 11) is 0. The molecule has 1 saturated heterocycles. The summed E-state index contributed by atoms with van der Waals surface area (Å²) in [5, 5.41) is 6.04. The lowest BCUT2D eigenvalue weighted by atomic mass is 10.0. The highest BCUT2D eigenvalue weighted by Crippen LogP contribution is 2.24. The molecule has 140 valence electrons. The molecule has 2 heterocycles. The second kappa shape index (κ2) is 9.92. The van der Waals surface area contributed by atoms with Gasteiger partial charge in [-0.2, -0.15) is 0 Å². The summed E-state index contributed by atoms with van der Waals surface area (Å²) < 4.78 is 5.48. The summed E-state index contributed by atoms with van der Waals surface area (Å²) >= 11 is 7.95. The van der Waals surface area contributed by atoms with E-state index in [4.69, 9.17) is 22.1 Å². The number of thiophene rings is 1. The quantitative estimate of drug-likeness (QED) is 0.561. The number of rotatable bonds is 7. The Hall–Kier alpha value is -1.60. The second-order valence-corrected chi connectivity index (χ2v) is 7.67. The molecule has 1 aliphatic heterocycles. The van der Waals surface area contributed by atoms with Gasteiger partial charge in [0.1, 0.15) is 0 Å². The summed E-state index contributed by atoms with van der Waals surface area (Å²) in [6, 6.07) is 12.3. The van der Waals surface area contributed by atoms with Crippen molar-refractivity contribution >= 4 is 28.9 Å². The van der Waals surface area contributed by atoms with Gasteiger partial charge < -0.3 is 15.8 Å². The minimum Gasteiger partial charge on any atom is -0.379 e. The molecule has 0 spiro atoms. The molecule has 0 saturated carbocycles. The molecule has 5 nitrogen and oxygen atoms in total. The van der Waals surface area contributed by atoms with Crippen molar-refractivity contribution < 1.29 is 4.74 Å². The third-order valence-electron chi connectivity index (χ3n) is 4.41. The average Bonchev–Trinajstić information content (AvgIpc) is 3.16. The fourth-order valence-electron chi connectivity index (χ4n) is 3.04. The van der Waals surface area contributed by atoms with Crippen molar-refractivity contribution in [2.45, 2.75) is 12.5 Å². The number of halogens is 1. The first-order valence-corrected chi connectivity index (χ1v) is 10.1. The molecule has 1 aromatic heterocycles. The number of nitrogens with zero attached hydrogens (tertiary/aromatic N) is 2. The van der Waals surface area contributed by atoms with Crippen LogP contribution in [0.4, 0.5) is 0 Å². The Bertz CT molecular complexity index is 701. The first-order valence-electron chi connectivity index (χ1n) is 8.86. The van der Waals surface area contributed by atoms with Gasteiger partial charge in [0.25, 0.3) is 0 Å². The van der Waals surface area contributed by atoms with Crippen LogP contribution in [0, 0.1) is 0 Å². The number of nitrogens with one attached hydrogen (secondary N) is 1. The van der Waals surface area contributed by atoms with Crippen LogP contribution in [0.3, 0.4) is 0 Å². The van der Waals surface area contributed by atoms with Crippen LogP contribution in [0.5, 0.6) is 0 Å². The van der Waals surface area contributed by atoms with Gasteiger partial charge in [0.05, 0.1) is 25.8 Å².